The van der Waals surface area contributed by atoms with Gasteiger partial charge in [-0.1, -0.05) is 15.9 Å². The van der Waals surface area contributed by atoms with Crippen molar-refractivity contribution in [1.29, 1.82) is 0 Å². The first-order valence-corrected chi connectivity index (χ1v) is 8.19. The van der Waals surface area contributed by atoms with E-state index in [0.717, 1.165) is 35.6 Å². The van der Waals surface area contributed by atoms with Crippen LogP contribution >= 0.6 is 15.9 Å². The maximum absolute atomic E-state index is 11.1. The largest absolute Gasteiger partial charge is 0.320 e. The number of halogens is 1. The predicted octanol–water partition coefficient (Wildman–Crippen LogP) is 3.18. The number of benzene rings is 1. The fourth-order valence-electron chi connectivity index (χ4n) is 2.86. The molecule has 0 aliphatic carbocycles. The first kappa shape index (κ1) is 16.4. The molecule has 2 rings (SSSR count). The van der Waals surface area contributed by atoms with Gasteiger partial charge >= 0.3 is 0 Å². The molecule has 1 saturated heterocycles. The van der Waals surface area contributed by atoms with E-state index in [1.165, 1.54) is 19.3 Å². The summed E-state index contributed by atoms with van der Waals surface area (Å²) < 4.78 is 0.753. The summed E-state index contributed by atoms with van der Waals surface area (Å²) in [6.07, 6.45) is 3.60. The van der Waals surface area contributed by atoms with Gasteiger partial charge in [0.05, 0.1) is 4.92 Å². The summed E-state index contributed by atoms with van der Waals surface area (Å²) in [5.41, 5.74) is 1.01. The third-order valence-corrected chi connectivity index (χ3v) is 4.64. The fraction of sp³-hybridized carbons (Fsp3) is 0.600. The number of rotatable bonds is 6. The Balaban J connectivity index is 1.93. The molecule has 1 heterocycles. The van der Waals surface area contributed by atoms with E-state index in [-0.39, 0.29) is 10.6 Å². The molecule has 116 valence electrons. The zero-order chi connectivity index (χ0) is 15.2. The van der Waals surface area contributed by atoms with Crippen LogP contribution in [0.15, 0.2) is 22.7 Å². The van der Waals surface area contributed by atoms with Crippen LogP contribution in [0.2, 0.25) is 0 Å². The topological polar surface area (TPSA) is 58.4 Å². The monoisotopic (exact) mass is 355 g/mol. The average Bonchev–Trinajstić information content (AvgIpc) is 2.48. The summed E-state index contributed by atoms with van der Waals surface area (Å²) in [4.78, 5) is 13.2. The highest BCUT2D eigenvalue weighted by molar-refractivity contribution is 9.10. The zero-order valence-corrected chi connectivity index (χ0v) is 13.9. The minimum Gasteiger partial charge on any atom is -0.320 e. The number of likely N-dealkylation sites (tertiary alicyclic amines) is 1. The van der Waals surface area contributed by atoms with Crippen molar-refractivity contribution >= 4 is 21.6 Å². The Bertz CT molecular complexity index is 488. The summed E-state index contributed by atoms with van der Waals surface area (Å²) in [6, 6.07) is 5.33. The van der Waals surface area contributed by atoms with Gasteiger partial charge in [-0.25, -0.2) is 0 Å². The van der Waals surface area contributed by atoms with Crippen LogP contribution in [-0.4, -0.2) is 36.5 Å². The number of nitro groups is 1. The Morgan fingerprint density at radius 2 is 2.14 bits per heavy atom. The molecule has 0 spiro atoms. The van der Waals surface area contributed by atoms with Gasteiger partial charge in [-0.2, -0.15) is 0 Å². The number of nitro benzene ring substituents is 1. The Labute approximate surface area is 134 Å². The number of piperidine rings is 1. The number of hydrogen-bond donors (Lipinski definition) is 1. The molecule has 1 aromatic rings. The molecule has 1 N–H and O–H groups in total. The summed E-state index contributed by atoms with van der Waals surface area (Å²) in [7, 11) is 1.99. The minimum absolute atomic E-state index is 0.210. The molecular formula is C15H22BrN3O2. The van der Waals surface area contributed by atoms with E-state index in [9.17, 15) is 10.1 Å². The molecule has 21 heavy (non-hydrogen) atoms. The quantitative estimate of drug-likeness (QED) is 0.628. The van der Waals surface area contributed by atoms with Crippen LogP contribution in [0.25, 0.3) is 0 Å². The van der Waals surface area contributed by atoms with Gasteiger partial charge in [-0.05, 0) is 64.0 Å². The van der Waals surface area contributed by atoms with Crippen LogP contribution in [0.1, 0.15) is 24.8 Å². The van der Waals surface area contributed by atoms with Crippen LogP contribution in [0, 0.1) is 16.0 Å². The van der Waals surface area contributed by atoms with Gasteiger partial charge in [0, 0.05) is 22.6 Å². The lowest BCUT2D eigenvalue weighted by Crippen LogP contribution is -2.34. The SMILES string of the molecule is CNCCC1CCN(Cc2ccc(Br)cc2[N+](=O)[O-])CC1. The Kier molecular flexibility index (Phi) is 6.14. The van der Waals surface area contributed by atoms with Crippen molar-refractivity contribution in [2.24, 2.45) is 5.92 Å². The maximum Gasteiger partial charge on any atom is 0.275 e. The molecule has 0 aromatic heterocycles. The van der Waals surface area contributed by atoms with E-state index < -0.39 is 0 Å². The third kappa shape index (κ3) is 4.76. The zero-order valence-electron chi connectivity index (χ0n) is 12.3. The van der Waals surface area contributed by atoms with E-state index in [0.29, 0.717) is 6.54 Å². The molecule has 1 fully saturated rings. The second-order valence-electron chi connectivity index (χ2n) is 5.64. The molecule has 5 nitrogen and oxygen atoms in total. The Morgan fingerprint density at radius 3 is 2.76 bits per heavy atom. The van der Waals surface area contributed by atoms with E-state index in [2.05, 4.69) is 26.1 Å². The maximum atomic E-state index is 11.1. The summed E-state index contributed by atoms with van der Waals surface area (Å²) in [5.74, 6) is 0.786. The molecular weight excluding hydrogens is 334 g/mol. The molecule has 0 unspecified atom stereocenters. The number of nitrogens with one attached hydrogen (secondary N) is 1. The third-order valence-electron chi connectivity index (χ3n) is 4.15. The van der Waals surface area contributed by atoms with Gasteiger partial charge in [0.25, 0.3) is 5.69 Å². The van der Waals surface area contributed by atoms with Gasteiger partial charge in [0.2, 0.25) is 0 Å². The molecule has 0 radical (unpaired) electrons. The van der Waals surface area contributed by atoms with Crippen LogP contribution in [-0.2, 0) is 6.54 Å². The lowest BCUT2D eigenvalue weighted by molar-refractivity contribution is -0.385. The molecule has 0 bridgehead atoms. The normalized spacial score (nSPS) is 17.0. The first-order valence-electron chi connectivity index (χ1n) is 7.40. The molecule has 1 aromatic carbocycles. The van der Waals surface area contributed by atoms with Crippen molar-refractivity contribution in [2.45, 2.75) is 25.8 Å². The van der Waals surface area contributed by atoms with Crippen LogP contribution in [0.3, 0.4) is 0 Å². The van der Waals surface area contributed by atoms with Crippen LogP contribution < -0.4 is 5.32 Å². The second kappa shape index (κ2) is 7.87. The van der Waals surface area contributed by atoms with E-state index in [1.807, 2.05) is 19.2 Å². The van der Waals surface area contributed by atoms with Crippen LogP contribution in [0.4, 0.5) is 5.69 Å². The summed E-state index contributed by atoms with van der Waals surface area (Å²) in [6.45, 7) is 3.80. The van der Waals surface area contributed by atoms with Crippen molar-refractivity contribution in [1.82, 2.24) is 10.2 Å². The fourth-order valence-corrected chi connectivity index (χ4v) is 3.21. The van der Waals surface area contributed by atoms with Gasteiger partial charge in [-0.3, -0.25) is 15.0 Å². The Hall–Kier alpha value is -0.980. The van der Waals surface area contributed by atoms with E-state index in [4.69, 9.17) is 0 Å². The van der Waals surface area contributed by atoms with E-state index >= 15 is 0 Å². The lowest BCUT2D eigenvalue weighted by Gasteiger charge is -2.31. The van der Waals surface area contributed by atoms with Gasteiger partial charge in [-0.15, -0.1) is 0 Å². The minimum atomic E-state index is -0.292. The number of nitrogens with zero attached hydrogens (tertiary/aromatic N) is 2. The molecule has 0 saturated carbocycles. The molecule has 0 amide bonds. The van der Waals surface area contributed by atoms with Crippen molar-refractivity contribution in [3.05, 3.63) is 38.3 Å². The summed E-state index contributed by atoms with van der Waals surface area (Å²) in [5, 5.41) is 14.3. The van der Waals surface area contributed by atoms with Crippen molar-refractivity contribution in [3.8, 4) is 0 Å². The molecule has 0 atom stereocenters. The number of hydrogen-bond acceptors (Lipinski definition) is 4. The predicted molar refractivity (Wildman–Crippen MR) is 87.3 cm³/mol. The first-order chi connectivity index (χ1) is 10.1. The smallest absolute Gasteiger partial charge is 0.275 e. The van der Waals surface area contributed by atoms with Crippen molar-refractivity contribution < 1.29 is 4.92 Å². The summed E-state index contributed by atoms with van der Waals surface area (Å²) >= 11 is 3.30. The Morgan fingerprint density at radius 1 is 1.43 bits per heavy atom. The molecule has 1 aliphatic heterocycles. The average molecular weight is 356 g/mol. The second-order valence-corrected chi connectivity index (χ2v) is 6.56. The standard InChI is InChI=1S/C15H22BrN3O2/c1-17-7-4-12-5-8-18(9-6-12)11-13-2-3-14(16)10-15(13)19(20)21/h2-3,10,12,17H,4-9,11H2,1H3. The van der Waals surface area contributed by atoms with Crippen molar-refractivity contribution in [2.75, 3.05) is 26.7 Å². The lowest BCUT2D eigenvalue weighted by atomic mass is 9.93. The molecule has 6 heteroatoms. The van der Waals surface area contributed by atoms with Crippen molar-refractivity contribution in [3.63, 3.8) is 0 Å². The van der Waals surface area contributed by atoms with E-state index in [1.54, 1.807) is 6.07 Å². The van der Waals surface area contributed by atoms with Crippen LogP contribution in [0.5, 0.6) is 0 Å². The van der Waals surface area contributed by atoms with Gasteiger partial charge < -0.3 is 5.32 Å². The highest BCUT2D eigenvalue weighted by atomic mass is 79.9. The molecule has 1 aliphatic rings. The van der Waals surface area contributed by atoms with Gasteiger partial charge in [0.15, 0.2) is 0 Å². The highest BCUT2D eigenvalue weighted by Gasteiger charge is 2.22. The van der Waals surface area contributed by atoms with Gasteiger partial charge in [0.1, 0.15) is 0 Å². The highest BCUT2D eigenvalue weighted by Crippen LogP contribution is 2.27.